The summed E-state index contributed by atoms with van der Waals surface area (Å²) in [4.78, 5) is 6.95. The van der Waals surface area contributed by atoms with Crippen molar-refractivity contribution in [2.24, 2.45) is 4.99 Å². The molecule has 88 valence electrons. The molecule has 0 saturated carbocycles. The number of hydrogen-bond donors (Lipinski definition) is 0. The molecule has 1 atom stereocenters. The standard InChI is InChI=1S/C15H18N2/c1-3-11-8-9-15(17(11)2)13-10-16-14-7-5-4-6-12(13)14/h4-7,10-11H,3,8-9H2,1-2H3/b15-13+/t11-/m0/s1. The van der Waals surface area contributed by atoms with E-state index in [0.717, 1.165) is 5.69 Å². The maximum absolute atomic E-state index is 4.50. The molecule has 2 aliphatic heterocycles. The van der Waals surface area contributed by atoms with Crippen molar-refractivity contribution >= 4 is 17.5 Å². The molecule has 0 unspecified atom stereocenters. The first-order chi connectivity index (χ1) is 8.31. The van der Waals surface area contributed by atoms with E-state index >= 15 is 0 Å². The molecule has 2 heterocycles. The molecule has 2 heteroatoms. The zero-order chi connectivity index (χ0) is 11.8. The van der Waals surface area contributed by atoms with E-state index in [-0.39, 0.29) is 0 Å². The van der Waals surface area contributed by atoms with Crippen molar-refractivity contribution in [2.75, 3.05) is 7.05 Å². The molecule has 1 saturated heterocycles. The van der Waals surface area contributed by atoms with Gasteiger partial charge in [-0.1, -0.05) is 25.1 Å². The summed E-state index contributed by atoms with van der Waals surface area (Å²) in [6.45, 7) is 2.27. The zero-order valence-corrected chi connectivity index (χ0v) is 10.5. The second-order valence-electron chi connectivity index (χ2n) is 4.85. The van der Waals surface area contributed by atoms with Gasteiger partial charge in [0, 0.05) is 36.1 Å². The van der Waals surface area contributed by atoms with E-state index in [0.29, 0.717) is 6.04 Å². The van der Waals surface area contributed by atoms with Crippen LogP contribution in [0.3, 0.4) is 0 Å². The highest BCUT2D eigenvalue weighted by molar-refractivity contribution is 6.17. The first-order valence-corrected chi connectivity index (χ1v) is 6.40. The molecule has 1 fully saturated rings. The Morgan fingerprint density at radius 2 is 2.18 bits per heavy atom. The molecule has 2 aliphatic rings. The molecule has 0 bridgehead atoms. The first-order valence-electron chi connectivity index (χ1n) is 6.40. The van der Waals surface area contributed by atoms with E-state index in [2.05, 4.69) is 48.1 Å². The average Bonchev–Trinajstić information content (AvgIpc) is 2.92. The molecule has 17 heavy (non-hydrogen) atoms. The lowest BCUT2D eigenvalue weighted by Crippen LogP contribution is -2.23. The summed E-state index contributed by atoms with van der Waals surface area (Å²) in [5.41, 5.74) is 5.21. The third-order valence-electron chi connectivity index (χ3n) is 4.00. The van der Waals surface area contributed by atoms with Crippen LogP contribution < -0.4 is 0 Å². The lowest BCUT2D eigenvalue weighted by atomic mass is 10.0. The van der Waals surface area contributed by atoms with Gasteiger partial charge in [0.05, 0.1) is 5.69 Å². The van der Waals surface area contributed by atoms with Gasteiger partial charge in [-0.25, -0.2) is 0 Å². The Labute approximate surface area is 103 Å². The van der Waals surface area contributed by atoms with E-state index in [9.17, 15) is 0 Å². The number of hydrogen-bond acceptors (Lipinski definition) is 2. The highest BCUT2D eigenvalue weighted by atomic mass is 15.2. The van der Waals surface area contributed by atoms with Gasteiger partial charge >= 0.3 is 0 Å². The first kappa shape index (κ1) is 10.6. The molecule has 1 aromatic carbocycles. The Kier molecular flexibility index (Phi) is 2.50. The maximum Gasteiger partial charge on any atom is 0.0709 e. The van der Waals surface area contributed by atoms with Gasteiger partial charge in [0.25, 0.3) is 0 Å². The van der Waals surface area contributed by atoms with Crippen molar-refractivity contribution in [3.8, 4) is 0 Å². The fourth-order valence-corrected chi connectivity index (χ4v) is 2.94. The van der Waals surface area contributed by atoms with Crippen LogP contribution in [0.4, 0.5) is 5.69 Å². The van der Waals surface area contributed by atoms with Crippen LogP contribution in [0.15, 0.2) is 35.0 Å². The largest absolute Gasteiger partial charge is 0.374 e. The molecule has 0 aliphatic carbocycles. The number of benzene rings is 1. The second-order valence-corrected chi connectivity index (χ2v) is 4.85. The number of aliphatic imine (C=N–C) groups is 1. The minimum Gasteiger partial charge on any atom is -0.374 e. The summed E-state index contributed by atoms with van der Waals surface area (Å²) >= 11 is 0. The Bertz CT molecular complexity index is 499. The van der Waals surface area contributed by atoms with Crippen molar-refractivity contribution in [2.45, 2.75) is 32.2 Å². The molecule has 0 N–H and O–H groups in total. The van der Waals surface area contributed by atoms with E-state index < -0.39 is 0 Å². The Balaban J connectivity index is 2.04. The van der Waals surface area contributed by atoms with Gasteiger partial charge in [0.1, 0.15) is 0 Å². The fourth-order valence-electron chi connectivity index (χ4n) is 2.94. The second kappa shape index (κ2) is 4.02. The van der Waals surface area contributed by atoms with Crippen LogP contribution in [0.5, 0.6) is 0 Å². The third-order valence-corrected chi connectivity index (χ3v) is 4.00. The van der Waals surface area contributed by atoms with Crippen LogP contribution in [-0.2, 0) is 0 Å². The third kappa shape index (κ3) is 1.59. The fraction of sp³-hybridized carbons (Fsp3) is 0.400. The summed E-state index contributed by atoms with van der Waals surface area (Å²) in [6, 6.07) is 9.12. The molecule has 0 spiro atoms. The molecule has 2 nitrogen and oxygen atoms in total. The van der Waals surface area contributed by atoms with Crippen LogP contribution in [-0.4, -0.2) is 24.2 Å². The highest BCUT2D eigenvalue weighted by Gasteiger charge is 2.27. The van der Waals surface area contributed by atoms with Crippen molar-refractivity contribution in [3.63, 3.8) is 0 Å². The molecule has 0 aromatic heterocycles. The van der Waals surface area contributed by atoms with Crippen LogP contribution in [0, 0.1) is 0 Å². The SMILES string of the molecule is CC[C@H]1CC/C(=C2/C=Nc3ccccc32)N1C. The quantitative estimate of drug-likeness (QED) is 0.714. The van der Waals surface area contributed by atoms with Crippen molar-refractivity contribution in [3.05, 3.63) is 35.5 Å². The summed E-state index contributed by atoms with van der Waals surface area (Å²) in [6.07, 6.45) is 5.73. The number of para-hydroxylation sites is 1. The number of allylic oxidation sites excluding steroid dienone is 2. The van der Waals surface area contributed by atoms with E-state index in [1.807, 2.05) is 6.21 Å². The van der Waals surface area contributed by atoms with Crippen LogP contribution in [0.1, 0.15) is 31.7 Å². The van der Waals surface area contributed by atoms with Gasteiger partial charge in [-0.15, -0.1) is 0 Å². The van der Waals surface area contributed by atoms with Gasteiger partial charge in [-0.3, -0.25) is 4.99 Å². The van der Waals surface area contributed by atoms with Crippen molar-refractivity contribution in [1.29, 1.82) is 0 Å². The maximum atomic E-state index is 4.50. The van der Waals surface area contributed by atoms with Crippen molar-refractivity contribution in [1.82, 2.24) is 4.90 Å². The number of fused-ring (bicyclic) bond motifs is 1. The molecule has 0 radical (unpaired) electrons. The number of nitrogens with zero attached hydrogens (tertiary/aromatic N) is 2. The van der Waals surface area contributed by atoms with Crippen molar-refractivity contribution < 1.29 is 0 Å². The van der Waals surface area contributed by atoms with Crippen LogP contribution in [0.2, 0.25) is 0 Å². The van der Waals surface area contributed by atoms with E-state index in [1.54, 1.807) is 0 Å². The zero-order valence-electron chi connectivity index (χ0n) is 10.5. The number of rotatable bonds is 1. The average molecular weight is 226 g/mol. The molecular formula is C15H18N2. The van der Waals surface area contributed by atoms with Gasteiger partial charge in [-0.2, -0.15) is 0 Å². The highest BCUT2D eigenvalue weighted by Crippen LogP contribution is 2.38. The summed E-state index contributed by atoms with van der Waals surface area (Å²) in [5.74, 6) is 0. The Morgan fingerprint density at radius 3 is 2.94 bits per heavy atom. The lowest BCUT2D eigenvalue weighted by molar-refractivity contribution is 0.345. The minimum absolute atomic E-state index is 0.707. The molecular weight excluding hydrogens is 208 g/mol. The van der Waals surface area contributed by atoms with Gasteiger partial charge in [0.15, 0.2) is 0 Å². The minimum atomic E-state index is 0.707. The lowest BCUT2D eigenvalue weighted by Gasteiger charge is -2.22. The predicted molar refractivity (Wildman–Crippen MR) is 72.6 cm³/mol. The van der Waals surface area contributed by atoms with E-state index in [4.69, 9.17) is 0 Å². The Hall–Kier alpha value is -1.57. The molecule has 1 aromatic rings. The predicted octanol–water partition coefficient (Wildman–Crippen LogP) is 3.62. The van der Waals surface area contributed by atoms with Gasteiger partial charge < -0.3 is 4.90 Å². The van der Waals surface area contributed by atoms with E-state index in [1.165, 1.54) is 36.1 Å². The van der Waals surface area contributed by atoms with Gasteiger partial charge in [-0.05, 0) is 25.3 Å². The Morgan fingerprint density at radius 1 is 1.35 bits per heavy atom. The summed E-state index contributed by atoms with van der Waals surface area (Å²) in [7, 11) is 2.22. The van der Waals surface area contributed by atoms with Crippen LogP contribution >= 0.6 is 0 Å². The molecule has 3 rings (SSSR count). The monoisotopic (exact) mass is 226 g/mol. The normalized spacial score (nSPS) is 26.7. The van der Waals surface area contributed by atoms with Crippen LogP contribution in [0.25, 0.3) is 5.57 Å². The molecule has 0 amide bonds. The summed E-state index contributed by atoms with van der Waals surface area (Å²) in [5, 5.41) is 0. The van der Waals surface area contributed by atoms with Gasteiger partial charge in [0.2, 0.25) is 0 Å². The topological polar surface area (TPSA) is 15.6 Å². The summed E-state index contributed by atoms with van der Waals surface area (Å²) < 4.78 is 0. The smallest absolute Gasteiger partial charge is 0.0709 e. The number of likely N-dealkylation sites (tertiary alicyclic amines) is 1.